The molecule has 1 unspecified atom stereocenters. The van der Waals surface area contributed by atoms with Crippen molar-refractivity contribution in [1.82, 2.24) is 4.90 Å². The number of hydrogen-bond acceptors (Lipinski definition) is 3. The van der Waals surface area contributed by atoms with Crippen LogP contribution < -0.4 is 4.90 Å². The first-order valence-corrected chi connectivity index (χ1v) is 9.72. The Morgan fingerprint density at radius 1 is 0.885 bits per heavy atom. The molecule has 4 heteroatoms. The van der Waals surface area contributed by atoms with Crippen molar-refractivity contribution in [1.29, 1.82) is 0 Å². The number of piperidine rings is 2. The van der Waals surface area contributed by atoms with Gasteiger partial charge in [-0.2, -0.15) is 0 Å². The molecule has 1 N–H and O–H groups in total. The van der Waals surface area contributed by atoms with E-state index in [0.29, 0.717) is 6.04 Å². The van der Waals surface area contributed by atoms with E-state index >= 15 is 0 Å². The monoisotopic (exact) mass is 354 g/mol. The van der Waals surface area contributed by atoms with E-state index in [1.165, 1.54) is 11.8 Å². The number of halogens is 1. The second-order valence-electron chi connectivity index (χ2n) is 7.57. The smallest absolute Gasteiger partial charge is 0.123 e. The summed E-state index contributed by atoms with van der Waals surface area (Å²) in [5.41, 5.74) is 3.20. The van der Waals surface area contributed by atoms with E-state index in [1.807, 2.05) is 6.07 Å². The zero-order valence-corrected chi connectivity index (χ0v) is 15.1. The Balaban J connectivity index is 1.37. The maximum atomic E-state index is 13.4. The lowest BCUT2D eigenvalue weighted by atomic mass is 9.98. The van der Waals surface area contributed by atoms with Gasteiger partial charge in [0.15, 0.2) is 0 Å². The van der Waals surface area contributed by atoms with Crippen molar-refractivity contribution in [2.24, 2.45) is 0 Å². The highest BCUT2D eigenvalue weighted by Crippen LogP contribution is 2.27. The van der Waals surface area contributed by atoms with Crippen LogP contribution in [0.25, 0.3) is 11.1 Å². The Labute approximate surface area is 155 Å². The number of aliphatic hydroxyl groups is 1. The molecule has 0 bridgehead atoms. The van der Waals surface area contributed by atoms with E-state index in [0.717, 1.165) is 63.0 Å². The summed E-state index contributed by atoms with van der Waals surface area (Å²) in [4.78, 5) is 4.92. The molecule has 0 radical (unpaired) electrons. The number of likely N-dealkylation sites (tertiary alicyclic amines) is 1. The van der Waals surface area contributed by atoms with E-state index in [-0.39, 0.29) is 11.9 Å². The normalized spacial score (nSPS) is 22.5. The predicted octanol–water partition coefficient (Wildman–Crippen LogP) is 3.92. The molecule has 0 saturated carbocycles. The highest BCUT2D eigenvalue weighted by Gasteiger charge is 2.28. The quantitative estimate of drug-likeness (QED) is 0.905. The topological polar surface area (TPSA) is 26.7 Å². The van der Waals surface area contributed by atoms with Crippen molar-refractivity contribution < 1.29 is 9.50 Å². The lowest BCUT2D eigenvalue weighted by molar-refractivity contribution is 0.0398. The summed E-state index contributed by atoms with van der Waals surface area (Å²) in [5.74, 6) is -0.198. The third-order valence-electron chi connectivity index (χ3n) is 5.80. The van der Waals surface area contributed by atoms with E-state index < -0.39 is 0 Å². The number of benzene rings is 2. The van der Waals surface area contributed by atoms with Crippen LogP contribution in [0, 0.1) is 5.82 Å². The highest BCUT2D eigenvalue weighted by molar-refractivity contribution is 5.66. The van der Waals surface area contributed by atoms with Crippen LogP contribution in [-0.4, -0.2) is 48.3 Å². The van der Waals surface area contributed by atoms with Gasteiger partial charge in [0.05, 0.1) is 6.10 Å². The van der Waals surface area contributed by atoms with Gasteiger partial charge < -0.3 is 10.0 Å². The molecule has 0 amide bonds. The summed E-state index contributed by atoms with van der Waals surface area (Å²) >= 11 is 0. The summed E-state index contributed by atoms with van der Waals surface area (Å²) < 4.78 is 13.4. The van der Waals surface area contributed by atoms with Gasteiger partial charge in [-0.25, -0.2) is 4.39 Å². The van der Waals surface area contributed by atoms with E-state index in [4.69, 9.17) is 0 Å². The molecule has 2 aromatic carbocycles. The molecule has 2 aliphatic heterocycles. The lowest BCUT2D eigenvalue weighted by Gasteiger charge is -2.42. The number of anilines is 1. The van der Waals surface area contributed by atoms with Crippen LogP contribution in [0.4, 0.5) is 10.1 Å². The molecule has 0 spiro atoms. The molecule has 4 rings (SSSR count). The number of nitrogens with zero attached hydrogens (tertiary/aromatic N) is 2. The Morgan fingerprint density at radius 2 is 1.65 bits per heavy atom. The maximum absolute atomic E-state index is 13.4. The van der Waals surface area contributed by atoms with Crippen molar-refractivity contribution in [2.45, 2.75) is 37.8 Å². The van der Waals surface area contributed by atoms with Crippen LogP contribution in [0.1, 0.15) is 25.7 Å². The molecule has 0 aromatic heterocycles. The van der Waals surface area contributed by atoms with Crippen molar-refractivity contribution in [2.75, 3.05) is 31.1 Å². The largest absolute Gasteiger partial charge is 0.392 e. The standard InChI is InChI=1S/C22H27FN2O/c23-19-4-1-3-18(15-19)17-6-8-20(9-7-17)24-13-10-21(11-14-24)25-12-2-5-22(26)16-25/h1,3-4,6-9,15,21-22,26H,2,5,10-14,16H2. The van der Waals surface area contributed by atoms with Crippen LogP contribution in [0.3, 0.4) is 0 Å². The molecular formula is C22H27FN2O. The molecule has 26 heavy (non-hydrogen) atoms. The zero-order valence-electron chi connectivity index (χ0n) is 15.1. The van der Waals surface area contributed by atoms with E-state index in [9.17, 15) is 9.50 Å². The van der Waals surface area contributed by atoms with Crippen molar-refractivity contribution in [3.05, 3.63) is 54.3 Å². The Bertz CT molecular complexity index is 725. The fourth-order valence-corrected chi connectivity index (χ4v) is 4.34. The predicted molar refractivity (Wildman–Crippen MR) is 104 cm³/mol. The SMILES string of the molecule is OC1CCCN(C2CCN(c3ccc(-c4cccc(F)c4)cc3)CC2)C1. The zero-order chi connectivity index (χ0) is 17.9. The first kappa shape index (κ1) is 17.5. The van der Waals surface area contributed by atoms with Crippen molar-refractivity contribution in [3.63, 3.8) is 0 Å². The third-order valence-corrected chi connectivity index (χ3v) is 5.80. The average molecular weight is 354 g/mol. The fraction of sp³-hybridized carbons (Fsp3) is 0.455. The van der Waals surface area contributed by atoms with Gasteiger partial charge in [0.1, 0.15) is 5.82 Å². The van der Waals surface area contributed by atoms with Gasteiger partial charge >= 0.3 is 0 Å². The Morgan fingerprint density at radius 3 is 2.35 bits per heavy atom. The molecule has 3 nitrogen and oxygen atoms in total. The van der Waals surface area contributed by atoms with E-state index in [1.54, 1.807) is 12.1 Å². The minimum Gasteiger partial charge on any atom is -0.392 e. The second-order valence-corrected chi connectivity index (χ2v) is 7.57. The minimum absolute atomic E-state index is 0.142. The lowest BCUT2D eigenvalue weighted by Crippen LogP contribution is -2.49. The molecule has 2 aromatic rings. The highest BCUT2D eigenvalue weighted by atomic mass is 19.1. The van der Waals surface area contributed by atoms with Crippen LogP contribution >= 0.6 is 0 Å². The summed E-state index contributed by atoms with van der Waals surface area (Å²) in [7, 11) is 0. The van der Waals surface area contributed by atoms with Gasteiger partial charge in [-0.15, -0.1) is 0 Å². The summed E-state index contributed by atoms with van der Waals surface area (Å²) in [6.07, 6.45) is 4.23. The molecule has 1 atom stereocenters. The average Bonchev–Trinajstić information content (AvgIpc) is 2.68. The van der Waals surface area contributed by atoms with Crippen LogP contribution in [0.2, 0.25) is 0 Å². The van der Waals surface area contributed by atoms with Crippen LogP contribution in [0.5, 0.6) is 0 Å². The Hall–Kier alpha value is -1.91. The van der Waals surface area contributed by atoms with Crippen molar-refractivity contribution in [3.8, 4) is 11.1 Å². The van der Waals surface area contributed by atoms with E-state index in [2.05, 4.69) is 34.1 Å². The molecule has 2 heterocycles. The van der Waals surface area contributed by atoms with Gasteiger partial charge in [-0.3, -0.25) is 4.90 Å². The number of hydrogen-bond donors (Lipinski definition) is 1. The van der Waals surface area contributed by atoms with Crippen molar-refractivity contribution >= 4 is 5.69 Å². The molecule has 2 aliphatic rings. The molecular weight excluding hydrogens is 327 g/mol. The van der Waals surface area contributed by atoms with Crippen LogP contribution in [0.15, 0.2) is 48.5 Å². The van der Waals surface area contributed by atoms with Gasteiger partial charge in [-0.05, 0) is 67.6 Å². The van der Waals surface area contributed by atoms with Gasteiger partial charge in [0, 0.05) is 31.4 Å². The number of aliphatic hydroxyl groups excluding tert-OH is 1. The third kappa shape index (κ3) is 3.92. The summed E-state index contributed by atoms with van der Waals surface area (Å²) in [6, 6.07) is 15.8. The van der Waals surface area contributed by atoms with Gasteiger partial charge in [0.2, 0.25) is 0 Å². The second kappa shape index (κ2) is 7.77. The molecule has 0 aliphatic carbocycles. The summed E-state index contributed by atoms with van der Waals surface area (Å²) in [5, 5.41) is 9.90. The maximum Gasteiger partial charge on any atom is 0.123 e. The number of β-amino-alcohol motifs (C(OH)–C–C–N with tert-alkyl or cyclic N) is 1. The molecule has 2 saturated heterocycles. The summed E-state index contributed by atoms with van der Waals surface area (Å²) in [6.45, 7) is 4.07. The first-order chi connectivity index (χ1) is 12.7. The number of rotatable bonds is 3. The van der Waals surface area contributed by atoms with Gasteiger partial charge in [-0.1, -0.05) is 24.3 Å². The fourth-order valence-electron chi connectivity index (χ4n) is 4.34. The van der Waals surface area contributed by atoms with Gasteiger partial charge in [0.25, 0.3) is 0 Å². The molecule has 138 valence electrons. The molecule has 2 fully saturated rings. The first-order valence-electron chi connectivity index (χ1n) is 9.72. The Kier molecular flexibility index (Phi) is 5.23. The van der Waals surface area contributed by atoms with Crippen LogP contribution in [-0.2, 0) is 0 Å². The minimum atomic E-state index is -0.198.